The fraction of sp³-hybridized carbons (Fsp3) is 0.500. The first-order chi connectivity index (χ1) is 12.5. The van der Waals surface area contributed by atoms with Gasteiger partial charge in [0.15, 0.2) is 11.5 Å². The van der Waals surface area contributed by atoms with Gasteiger partial charge in [-0.15, -0.1) is 0 Å². The van der Waals surface area contributed by atoms with Gasteiger partial charge in [-0.2, -0.15) is 5.26 Å². The number of carbonyl (C=O) groups is 1. The van der Waals surface area contributed by atoms with Crippen molar-refractivity contribution < 1.29 is 14.3 Å². The Morgan fingerprint density at radius 2 is 2.15 bits per heavy atom. The Morgan fingerprint density at radius 3 is 2.77 bits per heavy atom. The van der Waals surface area contributed by atoms with Crippen LogP contribution in [0.3, 0.4) is 0 Å². The van der Waals surface area contributed by atoms with Gasteiger partial charge in [0.2, 0.25) is 0 Å². The van der Waals surface area contributed by atoms with Crippen molar-refractivity contribution in [2.24, 2.45) is 5.92 Å². The molecular formula is C20H25BrN2O3. The molecule has 0 spiro atoms. The molecule has 1 aliphatic rings. The molecule has 1 aromatic rings. The largest absolute Gasteiger partial charge is 0.492 e. The molecule has 0 bridgehead atoms. The molecule has 0 aliphatic heterocycles. The van der Waals surface area contributed by atoms with Gasteiger partial charge in [-0.3, -0.25) is 4.79 Å². The van der Waals surface area contributed by atoms with Crippen molar-refractivity contribution in [3.8, 4) is 17.6 Å². The highest BCUT2D eigenvalue weighted by Crippen LogP contribution is 2.37. The second-order valence-corrected chi connectivity index (χ2v) is 7.33. The van der Waals surface area contributed by atoms with E-state index in [-0.39, 0.29) is 17.5 Å². The molecule has 1 amide bonds. The molecule has 5 nitrogen and oxygen atoms in total. The van der Waals surface area contributed by atoms with E-state index in [0.717, 1.165) is 19.3 Å². The zero-order chi connectivity index (χ0) is 19.1. The molecule has 0 aromatic heterocycles. The van der Waals surface area contributed by atoms with Gasteiger partial charge in [-0.05, 0) is 65.4 Å². The number of nitrogens with zero attached hydrogens (tertiary/aromatic N) is 1. The highest BCUT2D eigenvalue weighted by molar-refractivity contribution is 9.10. The number of nitrogens with one attached hydrogen (secondary N) is 1. The van der Waals surface area contributed by atoms with Crippen LogP contribution in [0.5, 0.6) is 11.5 Å². The molecular weight excluding hydrogens is 396 g/mol. The normalized spacial score (nSPS) is 20.2. The lowest BCUT2D eigenvalue weighted by Crippen LogP contribution is -2.41. The van der Waals surface area contributed by atoms with E-state index in [1.165, 1.54) is 6.42 Å². The second kappa shape index (κ2) is 9.63. The molecule has 6 heteroatoms. The molecule has 0 heterocycles. The smallest absolute Gasteiger partial charge is 0.262 e. The van der Waals surface area contributed by atoms with Crippen molar-refractivity contribution in [3.63, 3.8) is 0 Å². The van der Waals surface area contributed by atoms with Crippen LogP contribution in [0, 0.1) is 17.2 Å². The van der Waals surface area contributed by atoms with E-state index in [4.69, 9.17) is 9.47 Å². The number of ether oxygens (including phenoxy) is 2. The van der Waals surface area contributed by atoms with Gasteiger partial charge in [0.25, 0.3) is 5.91 Å². The van der Waals surface area contributed by atoms with Crippen molar-refractivity contribution in [1.82, 2.24) is 5.32 Å². The first-order valence-corrected chi connectivity index (χ1v) is 9.72. The number of hydrogen-bond acceptors (Lipinski definition) is 4. The molecule has 1 aliphatic carbocycles. The molecule has 1 N–H and O–H groups in total. The van der Waals surface area contributed by atoms with E-state index < -0.39 is 0 Å². The van der Waals surface area contributed by atoms with Crippen LogP contribution in [0.25, 0.3) is 6.08 Å². The third-order valence-corrected chi connectivity index (χ3v) is 5.23. The topological polar surface area (TPSA) is 71.3 Å². The second-order valence-electron chi connectivity index (χ2n) is 6.48. The van der Waals surface area contributed by atoms with Crippen molar-refractivity contribution >= 4 is 27.9 Å². The minimum Gasteiger partial charge on any atom is -0.492 e. The van der Waals surface area contributed by atoms with Crippen LogP contribution in [0.2, 0.25) is 0 Å². The SMILES string of the molecule is CCOc1cc(/C=C(\C#N)C(=O)N[C@H]2CCCC[C@@H]2C)cc(Br)c1OC. The van der Waals surface area contributed by atoms with Crippen LogP contribution in [0.15, 0.2) is 22.2 Å². The van der Waals surface area contributed by atoms with Gasteiger partial charge < -0.3 is 14.8 Å². The number of carbonyl (C=O) groups excluding carboxylic acids is 1. The average molecular weight is 421 g/mol. The zero-order valence-corrected chi connectivity index (χ0v) is 17.1. The lowest BCUT2D eigenvalue weighted by Gasteiger charge is -2.29. The Hall–Kier alpha value is -2.00. The van der Waals surface area contributed by atoms with E-state index in [1.54, 1.807) is 25.3 Å². The molecule has 1 fully saturated rings. The monoisotopic (exact) mass is 420 g/mol. The number of hydrogen-bond donors (Lipinski definition) is 1. The molecule has 2 rings (SSSR count). The molecule has 0 radical (unpaired) electrons. The Balaban J connectivity index is 2.24. The molecule has 1 aromatic carbocycles. The number of amides is 1. The van der Waals surface area contributed by atoms with E-state index in [9.17, 15) is 10.1 Å². The fourth-order valence-electron chi connectivity index (χ4n) is 3.22. The number of nitriles is 1. The van der Waals surface area contributed by atoms with Crippen molar-refractivity contribution in [3.05, 3.63) is 27.7 Å². The Bertz CT molecular complexity index is 725. The van der Waals surface area contributed by atoms with Gasteiger partial charge >= 0.3 is 0 Å². The summed E-state index contributed by atoms with van der Waals surface area (Å²) >= 11 is 3.45. The maximum atomic E-state index is 12.5. The lowest BCUT2D eigenvalue weighted by atomic mass is 9.86. The van der Waals surface area contributed by atoms with E-state index in [2.05, 4.69) is 28.2 Å². The number of halogens is 1. The third kappa shape index (κ3) is 5.01. The molecule has 2 atom stereocenters. The summed E-state index contributed by atoms with van der Waals surface area (Å²) < 4.78 is 11.6. The summed E-state index contributed by atoms with van der Waals surface area (Å²) in [6, 6.07) is 5.72. The predicted octanol–water partition coefficient (Wildman–Crippen LogP) is 4.46. The van der Waals surface area contributed by atoms with E-state index >= 15 is 0 Å². The molecule has 0 saturated heterocycles. The number of methoxy groups -OCH3 is 1. The van der Waals surface area contributed by atoms with Crippen LogP contribution in [-0.4, -0.2) is 25.7 Å². The number of benzene rings is 1. The van der Waals surface area contributed by atoms with Gasteiger partial charge in [-0.25, -0.2) is 0 Å². The fourth-order valence-corrected chi connectivity index (χ4v) is 3.85. The van der Waals surface area contributed by atoms with E-state index in [1.807, 2.05) is 13.0 Å². The maximum Gasteiger partial charge on any atom is 0.262 e. The summed E-state index contributed by atoms with van der Waals surface area (Å²) in [6.45, 7) is 4.52. The van der Waals surface area contributed by atoms with Crippen molar-refractivity contribution in [2.75, 3.05) is 13.7 Å². The van der Waals surface area contributed by atoms with Crippen LogP contribution in [0.4, 0.5) is 0 Å². The predicted molar refractivity (Wildman–Crippen MR) is 105 cm³/mol. The van der Waals surface area contributed by atoms with Crippen LogP contribution < -0.4 is 14.8 Å². The minimum absolute atomic E-state index is 0.0855. The van der Waals surface area contributed by atoms with Crippen molar-refractivity contribution in [2.45, 2.75) is 45.6 Å². The zero-order valence-electron chi connectivity index (χ0n) is 15.5. The minimum atomic E-state index is -0.323. The van der Waals surface area contributed by atoms with E-state index in [0.29, 0.717) is 34.1 Å². The average Bonchev–Trinajstić information content (AvgIpc) is 2.61. The highest BCUT2D eigenvalue weighted by atomic mass is 79.9. The van der Waals surface area contributed by atoms with Crippen LogP contribution in [-0.2, 0) is 4.79 Å². The highest BCUT2D eigenvalue weighted by Gasteiger charge is 2.24. The molecule has 1 saturated carbocycles. The maximum absolute atomic E-state index is 12.5. The quantitative estimate of drug-likeness (QED) is 0.544. The summed E-state index contributed by atoms with van der Waals surface area (Å²) in [5, 5.41) is 12.5. The first-order valence-electron chi connectivity index (χ1n) is 8.93. The summed E-state index contributed by atoms with van der Waals surface area (Å²) in [4.78, 5) is 12.5. The standard InChI is InChI=1S/C20H25BrN2O3/c1-4-26-18-11-14(10-16(21)19(18)25-3)9-15(12-22)20(24)23-17-8-6-5-7-13(17)2/h9-11,13,17H,4-8H2,1-3H3,(H,23,24)/b15-9+/t13-,17-/m0/s1. The lowest BCUT2D eigenvalue weighted by molar-refractivity contribution is -0.118. The van der Waals surface area contributed by atoms with Gasteiger partial charge in [0.05, 0.1) is 18.2 Å². The van der Waals surface area contributed by atoms with Crippen LogP contribution in [0.1, 0.15) is 45.1 Å². The first kappa shape index (κ1) is 20.3. The Kier molecular flexibility index (Phi) is 7.52. The van der Waals surface area contributed by atoms with Gasteiger partial charge in [0, 0.05) is 6.04 Å². The van der Waals surface area contributed by atoms with Gasteiger partial charge in [-0.1, -0.05) is 19.8 Å². The summed E-state index contributed by atoms with van der Waals surface area (Å²) in [7, 11) is 1.57. The number of rotatable bonds is 6. The summed E-state index contributed by atoms with van der Waals surface area (Å²) in [6.07, 6.45) is 5.97. The molecule has 0 unspecified atom stereocenters. The third-order valence-electron chi connectivity index (χ3n) is 4.64. The molecule has 26 heavy (non-hydrogen) atoms. The Labute approximate surface area is 163 Å². The van der Waals surface area contributed by atoms with Gasteiger partial charge in [0.1, 0.15) is 11.6 Å². The summed E-state index contributed by atoms with van der Waals surface area (Å²) in [5.74, 6) is 1.26. The van der Waals surface area contributed by atoms with Crippen LogP contribution >= 0.6 is 15.9 Å². The van der Waals surface area contributed by atoms with Crippen molar-refractivity contribution in [1.29, 1.82) is 5.26 Å². The Morgan fingerprint density at radius 1 is 1.42 bits per heavy atom. The summed E-state index contributed by atoms with van der Waals surface area (Å²) in [5.41, 5.74) is 0.784. The molecule has 140 valence electrons.